The van der Waals surface area contributed by atoms with E-state index in [1.165, 1.54) is 0 Å². The Labute approximate surface area is 203 Å². The summed E-state index contributed by atoms with van der Waals surface area (Å²) < 4.78 is 6.41. The second kappa shape index (κ2) is 10.0. The lowest BCUT2D eigenvalue weighted by Gasteiger charge is -2.31. The molecule has 0 fully saturated rings. The van der Waals surface area contributed by atoms with Crippen molar-refractivity contribution >= 4 is 0 Å². The van der Waals surface area contributed by atoms with Gasteiger partial charge in [-0.05, 0) is 63.6 Å². The molecule has 1 unspecified atom stereocenters. The Morgan fingerprint density at radius 2 is 1.85 bits per heavy atom. The van der Waals surface area contributed by atoms with Crippen LogP contribution >= 0.6 is 0 Å². The summed E-state index contributed by atoms with van der Waals surface area (Å²) >= 11 is 0. The first-order chi connectivity index (χ1) is 16.0. The summed E-state index contributed by atoms with van der Waals surface area (Å²) in [6.45, 7) is 18.1. The summed E-state index contributed by atoms with van der Waals surface area (Å²) in [5, 5.41) is 32.4. The minimum absolute atomic E-state index is 0.0784. The van der Waals surface area contributed by atoms with Gasteiger partial charge >= 0.3 is 0 Å². The van der Waals surface area contributed by atoms with E-state index in [-0.39, 0.29) is 28.8 Å². The molecule has 0 saturated carbocycles. The lowest BCUT2D eigenvalue weighted by Crippen LogP contribution is -2.19. The lowest BCUT2D eigenvalue weighted by atomic mass is 9.82. The standard InChI is InChI=1S/C30H38O4/c1-8-19(5)14-23-22(15-21(11-10-18(3)4)28(32)29(23)33)26-13-12-20-16-24(30(6,7)9-2)25(31)17-27(20)34-26/h9-10,15-17,26,31-33H,2,5,8,11-14H2,1,3-4,6-7H3. The van der Waals surface area contributed by atoms with E-state index < -0.39 is 0 Å². The predicted octanol–water partition coefficient (Wildman–Crippen LogP) is 7.35. The summed E-state index contributed by atoms with van der Waals surface area (Å²) in [6, 6.07) is 5.66. The largest absolute Gasteiger partial charge is 0.507 e. The van der Waals surface area contributed by atoms with E-state index in [2.05, 4.69) is 13.2 Å². The third-order valence-electron chi connectivity index (χ3n) is 6.82. The molecule has 4 heteroatoms. The number of fused-ring (bicyclic) bond motifs is 1. The Morgan fingerprint density at radius 1 is 1.15 bits per heavy atom. The van der Waals surface area contributed by atoms with Gasteiger partial charge in [-0.25, -0.2) is 0 Å². The van der Waals surface area contributed by atoms with Crippen molar-refractivity contribution in [1.82, 2.24) is 0 Å². The van der Waals surface area contributed by atoms with Crippen LogP contribution < -0.4 is 4.74 Å². The van der Waals surface area contributed by atoms with Crippen LogP contribution in [-0.4, -0.2) is 15.3 Å². The van der Waals surface area contributed by atoms with Gasteiger partial charge in [0.25, 0.3) is 0 Å². The highest BCUT2D eigenvalue weighted by Gasteiger charge is 2.30. The van der Waals surface area contributed by atoms with Crippen LogP contribution in [0.25, 0.3) is 0 Å². The van der Waals surface area contributed by atoms with Gasteiger partial charge in [0.1, 0.15) is 17.6 Å². The second-order valence-electron chi connectivity index (χ2n) is 10.1. The maximum Gasteiger partial charge on any atom is 0.161 e. The van der Waals surface area contributed by atoms with Gasteiger partial charge in [0.2, 0.25) is 0 Å². The molecule has 182 valence electrons. The van der Waals surface area contributed by atoms with Crippen LogP contribution in [0.3, 0.4) is 0 Å². The number of hydrogen-bond donors (Lipinski definition) is 3. The van der Waals surface area contributed by atoms with Crippen molar-refractivity contribution in [3.63, 3.8) is 0 Å². The Morgan fingerprint density at radius 3 is 2.47 bits per heavy atom. The first-order valence-corrected chi connectivity index (χ1v) is 12.0. The molecule has 0 aliphatic carbocycles. The van der Waals surface area contributed by atoms with Gasteiger partial charge < -0.3 is 20.1 Å². The average Bonchev–Trinajstić information content (AvgIpc) is 2.80. The van der Waals surface area contributed by atoms with Crippen LogP contribution in [0.2, 0.25) is 0 Å². The van der Waals surface area contributed by atoms with Gasteiger partial charge in [0, 0.05) is 33.7 Å². The maximum absolute atomic E-state index is 11.0. The van der Waals surface area contributed by atoms with Crippen LogP contribution in [0.1, 0.15) is 81.4 Å². The number of phenols is 3. The number of ether oxygens (including phenoxy) is 1. The molecule has 0 bridgehead atoms. The molecule has 1 aliphatic rings. The molecule has 1 heterocycles. The fourth-order valence-electron chi connectivity index (χ4n) is 4.36. The molecule has 0 amide bonds. The number of rotatable bonds is 8. The zero-order valence-corrected chi connectivity index (χ0v) is 21.2. The van der Waals surface area contributed by atoms with Crippen molar-refractivity contribution in [1.29, 1.82) is 0 Å². The average molecular weight is 463 g/mol. The van der Waals surface area contributed by atoms with E-state index in [9.17, 15) is 15.3 Å². The maximum atomic E-state index is 11.0. The van der Waals surface area contributed by atoms with Crippen molar-refractivity contribution in [2.45, 2.75) is 78.2 Å². The number of allylic oxidation sites excluding steroid dienone is 4. The molecule has 3 N–H and O–H groups in total. The Kier molecular flexibility index (Phi) is 7.50. The van der Waals surface area contributed by atoms with Crippen molar-refractivity contribution in [2.75, 3.05) is 0 Å². The van der Waals surface area contributed by atoms with Gasteiger partial charge in [-0.1, -0.05) is 50.6 Å². The number of hydrogen-bond acceptors (Lipinski definition) is 4. The van der Waals surface area contributed by atoms with Crippen LogP contribution in [0.4, 0.5) is 0 Å². The number of benzene rings is 2. The van der Waals surface area contributed by atoms with Crippen molar-refractivity contribution < 1.29 is 20.1 Å². The van der Waals surface area contributed by atoms with E-state index in [0.717, 1.165) is 47.1 Å². The van der Waals surface area contributed by atoms with Crippen molar-refractivity contribution in [2.24, 2.45) is 0 Å². The van der Waals surface area contributed by atoms with E-state index in [1.807, 2.05) is 58.9 Å². The molecule has 1 atom stereocenters. The molecule has 0 spiro atoms. The summed E-state index contributed by atoms with van der Waals surface area (Å²) in [4.78, 5) is 0. The molecular formula is C30H38O4. The molecule has 4 nitrogen and oxygen atoms in total. The van der Waals surface area contributed by atoms with Gasteiger partial charge in [-0.3, -0.25) is 0 Å². The molecular weight excluding hydrogens is 424 g/mol. The van der Waals surface area contributed by atoms with E-state index in [0.29, 0.717) is 29.7 Å². The molecule has 0 radical (unpaired) electrons. The lowest BCUT2D eigenvalue weighted by molar-refractivity contribution is 0.174. The Hall–Kier alpha value is -3.14. The number of phenolic OH excluding ortho intramolecular Hbond substituents is 3. The van der Waals surface area contributed by atoms with E-state index in [4.69, 9.17) is 4.74 Å². The molecule has 2 aromatic carbocycles. The molecule has 3 rings (SSSR count). The third kappa shape index (κ3) is 5.16. The Balaban J connectivity index is 2.07. The highest BCUT2D eigenvalue weighted by molar-refractivity contribution is 5.57. The molecule has 0 saturated heterocycles. The van der Waals surface area contributed by atoms with E-state index >= 15 is 0 Å². The second-order valence-corrected chi connectivity index (χ2v) is 10.1. The zero-order valence-electron chi connectivity index (χ0n) is 21.2. The van der Waals surface area contributed by atoms with E-state index in [1.54, 1.807) is 6.07 Å². The molecule has 2 aromatic rings. The third-order valence-corrected chi connectivity index (χ3v) is 6.82. The quantitative estimate of drug-likeness (QED) is 0.283. The fourth-order valence-corrected chi connectivity index (χ4v) is 4.36. The van der Waals surface area contributed by atoms with Crippen molar-refractivity contribution in [3.8, 4) is 23.0 Å². The summed E-state index contributed by atoms with van der Waals surface area (Å²) in [5.74, 6) is 0.660. The highest BCUT2D eigenvalue weighted by Crippen LogP contribution is 2.46. The van der Waals surface area contributed by atoms with Gasteiger partial charge in [0.15, 0.2) is 11.5 Å². The van der Waals surface area contributed by atoms with Crippen LogP contribution in [-0.2, 0) is 24.7 Å². The van der Waals surface area contributed by atoms with Crippen LogP contribution in [0.5, 0.6) is 23.0 Å². The monoisotopic (exact) mass is 462 g/mol. The SMILES string of the molecule is C=CC(C)(C)c1cc2c(cc1O)OC(c1cc(CC=C(C)C)c(O)c(O)c1CC(=C)CC)CC2. The zero-order chi connectivity index (χ0) is 25.2. The van der Waals surface area contributed by atoms with Gasteiger partial charge in [0.05, 0.1) is 0 Å². The molecule has 0 aromatic heterocycles. The topological polar surface area (TPSA) is 69.9 Å². The smallest absolute Gasteiger partial charge is 0.161 e. The number of aromatic hydroxyl groups is 3. The number of aryl methyl sites for hydroxylation is 1. The summed E-state index contributed by atoms with van der Waals surface area (Å²) in [7, 11) is 0. The first-order valence-electron chi connectivity index (χ1n) is 12.0. The van der Waals surface area contributed by atoms with Crippen LogP contribution in [0, 0.1) is 0 Å². The predicted molar refractivity (Wildman–Crippen MR) is 139 cm³/mol. The van der Waals surface area contributed by atoms with Crippen molar-refractivity contribution in [3.05, 3.63) is 82.5 Å². The normalized spacial score (nSPS) is 15.3. The Bertz CT molecular complexity index is 1130. The minimum atomic E-state index is -0.355. The molecule has 34 heavy (non-hydrogen) atoms. The summed E-state index contributed by atoms with van der Waals surface area (Å²) in [5.41, 5.74) is 5.82. The molecule has 1 aliphatic heterocycles. The summed E-state index contributed by atoms with van der Waals surface area (Å²) in [6.07, 6.45) is 6.84. The minimum Gasteiger partial charge on any atom is -0.507 e. The van der Waals surface area contributed by atoms with Gasteiger partial charge in [-0.2, -0.15) is 0 Å². The highest BCUT2D eigenvalue weighted by atomic mass is 16.5. The first kappa shape index (κ1) is 25.5. The van der Waals surface area contributed by atoms with Crippen LogP contribution in [0.15, 0.2) is 54.7 Å². The fraction of sp³-hybridized carbons (Fsp3) is 0.400. The van der Waals surface area contributed by atoms with Gasteiger partial charge in [-0.15, -0.1) is 6.58 Å².